The maximum absolute atomic E-state index is 13.8. The molecule has 3 aromatic rings. The third kappa shape index (κ3) is 6.20. The zero-order chi connectivity index (χ0) is 25.7. The lowest BCUT2D eigenvalue weighted by atomic mass is 10.1. The molecule has 0 atom stereocenters. The van der Waals surface area contributed by atoms with Gasteiger partial charge < -0.3 is 24.5 Å². The topological polar surface area (TPSA) is 119 Å². The van der Waals surface area contributed by atoms with Crippen LogP contribution in [0.1, 0.15) is 37.0 Å². The summed E-state index contributed by atoms with van der Waals surface area (Å²) < 4.78 is 38.8. The highest BCUT2D eigenvalue weighted by Crippen LogP contribution is 2.17. The lowest BCUT2D eigenvalue weighted by Gasteiger charge is -2.26. The third-order valence-corrected chi connectivity index (χ3v) is 5.68. The molecule has 3 heterocycles. The summed E-state index contributed by atoms with van der Waals surface area (Å²) in [5, 5.41) is 8.80. The predicted molar refractivity (Wildman–Crippen MR) is 124 cm³/mol. The number of halogens is 2. The second kappa shape index (κ2) is 11.2. The highest BCUT2D eigenvalue weighted by Gasteiger charge is 2.20. The molecule has 36 heavy (non-hydrogen) atoms. The molecule has 1 aliphatic rings. The first kappa shape index (κ1) is 25.2. The van der Waals surface area contributed by atoms with Crippen molar-refractivity contribution in [1.82, 2.24) is 19.9 Å². The highest BCUT2D eigenvalue weighted by molar-refractivity contribution is 6.04. The Kier molecular flexibility index (Phi) is 7.86. The van der Waals surface area contributed by atoms with Gasteiger partial charge >= 0.3 is 0 Å². The van der Waals surface area contributed by atoms with Gasteiger partial charge in [-0.25, -0.2) is 8.78 Å². The van der Waals surface area contributed by atoms with Crippen LogP contribution in [0.25, 0.3) is 0 Å². The van der Waals surface area contributed by atoms with Gasteiger partial charge in [-0.2, -0.15) is 0 Å². The minimum Gasteiger partial charge on any atom is -0.379 e. The minimum absolute atomic E-state index is 0.0654. The first-order valence-electron chi connectivity index (χ1n) is 11.3. The van der Waals surface area contributed by atoms with E-state index in [0.29, 0.717) is 37.1 Å². The van der Waals surface area contributed by atoms with Crippen molar-refractivity contribution in [1.29, 1.82) is 0 Å². The molecule has 1 aromatic carbocycles. The molecule has 1 saturated heterocycles. The van der Waals surface area contributed by atoms with E-state index in [9.17, 15) is 23.2 Å². The number of ether oxygens (including phenoxy) is 1. The Morgan fingerprint density at radius 1 is 1.08 bits per heavy atom. The van der Waals surface area contributed by atoms with Crippen LogP contribution in [0.3, 0.4) is 0 Å². The molecule has 2 amide bonds. The largest absolute Gasteiger partial charge is 0.379 e. The van der Waals surface area contributed by atoms with Gasteiger partial charge in [-0.05, 0) is 23.8 Å². The van der Waals surface area contributed by atoms with Crippen LogP contribution >= 0.6 is 0 Å². The Labute approximate surface area is 205 Å². The maximum atomic E-state index is 13.8. The second-order valence-electron chi connectivity index (χ2n) is 8.31. The first-order chi connectivity index (χ1) is 17.3. The average Bonchev–Trinajstić information content (AvgIpc) is 3.46. The molecular formula is C24H25F2N5O5. The number of Topliss-reactive ketones (excluding diaryl/α,β-unsaturated/α-hetero) is 1. The quantitative estimate of drug-likeness (QED) is 0.431. The summed E-state index contributed by atoms with van der Waals surface area (Å²) in [6.07, 6.45) is 1.61. The molecule has 2 N–H and O–H groups in total. The van der Waals surface area contributed by atoms with Crippen molar-refractivity contribution in [2.45, 2.75) is 6.42 Å². The van der Waals surface area contributed by atoms with Crippen molar-refractivity contribution in [3.8, 4) is 0 Å². The first-order valence-corrected chi connectivity index (χ1v) is 11.3. The van der Waals surface area contributed by atoms with Crippen LogP contribution < -0.4 is 10.6 Å². The summed E-state index contributed by atoms with van der Waals surface area (Å²) in [7, 11) is 1.71. The van der Waals surface area contributed by atoms with Crippen LogP contribution in [-0.2, 0) is 18.2 Å². The fourth-order valence-corrected chi connectivity index (χ4v) is 3.79. The highest BCUT2D eigenvalue weighted by atomic mass is 19.1. The van der Waals surface area contributed by atoms with E-state index in [1.165, 1.54) is 6.07 Å². The number of hydrogen-bond donors (Lipinski definition) is 2. The standard InChI is InChI=1S/C24H25F2N5O5/c1-30-14-15(10-19(30)24(34)27-4-5-31-6-8-35-9-7-31)11-20(32)21-13-22(29-36-21)28-23(33)17-3-2-16(25)12-18(17)26/h2-3,10,12-14H,4-9,11H2,1H3,(H,27,34)(H,28,29,33). The Balaban J connectivity index is 1.31. The third-order valence-electron chi connectivity index (χ3n) is 5.68. The van der Waals surface area contributed by atoms with Gasteiger partial charge in [0.1, 0.15) is 17.3 Å². The normalized spacial score (nSPS) is 14.0. The molecule has 10 nitrogen and oxygen atoms in total. The van der Waals surface area contributed by atoms with Crippen molar-refractivity contribution in [3.63, 3.8) is 0 Å². The Morgan fingerprint density at radius 2 is 1.86 bits per heavy atom. The molecule has 0 aliphatic carbocycles. The summed E-state index contributed by atoms with van der Waals surface area (Å²) in [5.74, 6) is -3.61. The lowest BCUT2D eigenvalue weighted by molar-refractivity contribution is 0.0383. The van der Waals surface area contributed by atoms with Crippen molar-refractivity contribution < 1.29 is 32.4 Å². The zero-order valence-electron chi connectivity index (χ0n) is 19.6. The average molecular weight is 501 g/mol. The number of carbonyl (C=O) groups is 3. The molecule has 190 valence electrons. The molecular weight excluding hydrogens is 476 g/mol. The number of hydrogen-bond acceptors (Lipinski definition) is 7. The van der Waals surface area contributed by atoms with Gasteiger partial charge in [-0.1, -0.05) is 5.16 Å². The molecule has 12 heteroatoms. The smallest absolute Gasteiger partial charge is 0.267 e. The number of amides is 2. The van der Waals surface area contributed by atoms with E-state index in [1.807, 2.05) is 0 Å². The number of morpholine rings is 1. The molecule has 1 fully saturated rings. The SMILES string of the molecule is Cn1cc(CC(=O)c2cc(NC(=O)c3ccc(F)cc3F)no2)cc1C(=O)NCCN1CCOCC1. The number of anilines is 1. The van der Waals surface area contributed by atoms with Gasteiger partial charge in [0.25, 0.3) is 11.8 Å². The van der Waals surface area contributed by atoms with Crippen molar-refractivity contribution in [2.75, 3.05) is 44.7 Å². The number of aryl methyl sites for hydroxylation is 1. The summed E-state index contributed by atoms with van der Waals surface area (Å²) >= 11 is 0. The van der Waals surface area contributed by atoms with Crippen LogP contribution in [0.4, 0.5) is 14.6 Å². The van der Waals surface area contributed by atoms with Gasteiger partial charge in [0, 0.05) is 58.0 Å². The van der Waals surface area contributed by atoms with Crippen LogP contribution in [0.5, 0.6) is 0 Å². The Bertz CT molecular complexity index is 1270. The molecule has 0 saturated carbocycles. The van der Waals surface area contributed by atoms with E-state index < -0.39 is 23.3 Å². The number of ketones is 1. The predicted octanol–water partition coefficient (Wildman–Crippen LogP) is 2.03. The van der Waals surface area contributed by atoms with Crippen LogP contribution in [-0.4, -0.2) is 71.6 Å². The van der Waals surface area contributed by atoms with Crippen LogP contribution in [0.2, 0.25) is 0 Å². The van der Waals surface area contributed by atoms with E-state index in [2.05, 4.69) is 20.7 Å². The van der Waals surface area contributed by atoms with Crippen molar-refractivity contribution >= 4 is 23.4 Å². The van der Waals surface area contributed by atoms with Gasteiger partial charge in [-0.3, -0.25) is 19.3 Å². The number of aromatic nitrogens is 2. The summed E-state index contributed by atoms with van der Waals surface area (Å²) in [4.78, 5) is 39.6. The van der Waals surface area contributed by atoms with Crippen molar-refractivity contribution in [3.05, 3.63) is 70.7 Å². The molecule has 0 radical (unpaired) electrons. The molecule has 0 spiro atoms. The fourth-order valence-electron chi connectivity index (χ4n) is 3.79. The molecule has 4 rings (SSSR count). The molecule has 1 aliphatic heterocycles. The van der Waals surface area contributed by atoms with E-state index >= 15 is 0 Å². The number of carbonyl (C=O) groups excluding carboxylic acids is 3. The van der Waals surface area contributed by atoms with Gasteiger partial charge in [-0.15, -0.1) is 0 Å². The van der Waals surface area contributed by atoms with Crippen LogP contribution in [0, 0.1) is 11.6 Å². The van der Waals surface area contributed by atoms with E-state index in [1.54, 1.807) is 23.9 Å². The maximum Gasteiger partial charge on any atom is 0.267 e. The summed E-state index contributed by atoms with van der Waals surface area (Å²) in [6, 6.07) is 5.37. The summed E-state index contributed by atoms with van der Waals surface area (Å²) in [6.45, 7) is 4.27. The monoisotopic (exact) mass is 501 g/mol. The number of benzene rings is 1. The van der Waals surface area contributed by atoms with Crippen molar-refractivity contribution in [2.24, 2.45) is 7.05 Å². The molecule has 2 aromatic heterocycles. The zero-order valence-corrected chi connectivity index (χ0v) is 19.6. The number of rotatable bonds is 9. The lowest BCUT2D eigenvalue weighted by Crippen LogP contribution is -2.41. The Hall–Kier alpha value is -3.90. The fraction of sp³-hybridized carbons (Fsp3) is 0.333. The van der Waals surface area contributed by atoms with Gasteiger partial charge in [0.05, 0.1) is 18.8 Å². The van der Waals surface area contributed by atoms with E-state index in [-0.39, 0.29) is 29.5 Å². The van der Waals surface area contributed by atoms with E-state index in [4.69, 9.17) is 9.26 Å². The van der Waals surface area contributed by atoms with E-state index in [0.717, 1.165) is 31.8 Å². The minimum atomic E-state index is -1.03. The second-order valence-corrected chi connectivity index (χ2v) is 8.31. The van der Waals surface area contributed by atoms with Crippen LogP contribution in [0.15, 0.2) is 41.1 Å². The summed E-state index contributed by atoms with van der Waals surface area (Å²) in [5.41, 5.74) is 0.620. The van der Waals surface area contributed by atoms with Gasteiger partial charge in [0.15, 0.2) is 5.82 Å². The van der Waals surface area contributed by atoms with Gasteiger partial charge in [0.2, 0.25) is 11.5 Å². The number of nitrogens with one attached hydrogen (secondary N) is 2. The number of nitrogens with zero attached hydrogens (tertiary/aromatic N) is 3. The molecule has 0 bridgehead atoms. The molecule has 0 unspecified atom stereocenters. The Morgan fingerprint density at radius 3 is 2.61 bits per heavy atom.